The normalized spacial score (nSPS) is 10.8. The summed E-state index contributed by atoms with van der Waals surface area (Å²) in [5.74, 6) is -0.799. The van der Waals surface area contributed by atoms with E-state index in [9.17, 15) is 4.79 Å². The number of thioether (sulfide) groups is 1. The van der Waals surface area contributed by atoms with Crippen LogP contribution in [0, 0.1) is 6.92 Å². The van der Waals surface area contributed by atoms with Gasteiger partial charge in [-0.25, -0.2) is 4.98 Å². The molecule has 0 bridgehead atoms. The molecule has 0 aromatic carbocycles. The Morgan fingerprint density at radius 3 is 3.06 bits per heavy atom. The summed E-state index contributed by atoms with van der Waals surface area (Å²) in [4.78, 5) is 16.1. The molecule has 0 aliphatic rings. The van der Waals surface area contributed by atoms with Crippen molar-refractivity contribution >= 4 is 45.0 Å². The van der Waals surface area contributed by atoms with Crippen molar-refractivity contribution in [3.05, 3.63) is 32.7 Å². The first-order chi connectivity index (χ1) is 8.56. The lowest BCUT2D eigenvalue weighted by Gasteiger charge is -2.05. The number of hydrogen-bond donors (Lipinski definition) is 1. The highest BCUT2D eigenvalue weighted by Crippen LogP contribution is 2.26. The fourth-order valence-corrected chi connectivity index (χ4v) is 3.69. The summed E-state index contributed by atoms with van der Waals surface area (Å²) in [6.07, 6.45) is 1.94. The first kappa shape index (κ1) is 13.6. The molecule has 18 heavy (non-hydrogen) atoms. The van der Waals surface area contributed by atoms with E-state index in [4.69, 9.17) is 5.11 Å². The molecule has 0 amide bonds. The van der Waals surface area contributed by atoms with Gasteiger partial charge in [-0.2, -0.15) is 0 Å². The van der Waals surface area contributed by atoms with E-state index in [0.717, 1.165) is 15.3 Å². The molecule has 4 nitrogen and oxygen atoms in total. The Bertz CT molecular complexity index is 565. The standard InChI is InChI=1S/C11H11BrN2O2S2/c1-7-4-14(5-9-8(12)2-3-17-9)11(13-7)18-6-10(15)16/h2-4H,5-6H2,1H3,(H,15,16). The Morgan fingerprint density at radius 2 is 2.44 bits per heavy atom. The zero-order valence-corrected chi connectivity index (χ0v) is 12.8. The van der Waals surface area contributed by atoms with Crippen LogP contribution in [0.2, 0.25) is 0 Å². The van der Waals surface area contributed by atoms with Gasteiger partial charge in [0.25, 0.3) is 0 Å². The van der Waals surface area contributed by atoms with Gasteiger partial charge in [-0.15, -0.1) is 11.3 Å². The average Bonchev–Trinajstić information content (AvgIpc) is 2.84. The first-order valence-corrected chi connectivity index (χ1v) is 7.82. The van der Waals surface area contributed by atoms with E-state index in [2.05, 4.69) is 20.9 Å². The highest BCUT2D eigenvalue weighted by molar-refractivity contribution is 9.10. The average molecular weight is 347 g/mol. The van der Waals surface area contributed by atoms with E-state index >= 15 is 0 Å². The fraction of sp³-hybridized carbons (Fsp3) is 0.273. The molecule has 0 unspecified atom stereocenters. The SMILES string of the molecule is Cc1cn(Cc2sccc2Br)c(SCC(=O)O)n1. The smallest absolute Gasteiger partial charge is 0.313 e. The number of thiophene rings is 1. The summed E-state index contributed by atoms with van der Waals surface area (Å²) in [6.45, 7) is 2.62. The van der Waals surface area contributed by atoms with Gasteiger partial charge in [-0.05, 0) is 34.3 Å². The van der Waals surface area contributed by atoms with Crippen LogP contribution < -0.4 is 0 Å². The first-order valence-electron chi connectivity index (χ1n) is 5.16. The number of aryl methyl sites for hydroxylation is 1. The number of carboxylic acids is 1. The van der Waals surface area contributed by atoms with Crippen LogP contribution in [0.1, 0.15) is 10.6 Å². The third kappa shape index (κ3) is 3.37. The van der Waals surface area contributed by atoms with Gasteiger partial charge in [0, 0.05) is 15.5 Å². The largest absolute Gasteiger partial charge is 0.481 e. The zero-order valence-electron chi connectivity index (χ0n) is 9.59. The van der Waals surface area contributed by atoms with Crippen molar-refractivity contribution in [2.24, 2.45) is 0 Å². The van der Waals surface area contributed by atoms with E-state index in [1.54, 1.807) is 11.3 Å². The molecule has 7 heteroatoms. The molecule has 1 N–H and O–H groups in total. The summed E-state index contributed by atoms with van der Waals surface area (Å²) >= 11 is 6.40. The monoisotopic (exact) mass is 346 g/mol. The summed E-state index contributed by atoms with van der Waals surface area (Å²) < 4.78 is 3.06. The fourth-order valence-electron chi connectivity index (χ4n) is 1.47. The number of imidazole rings is 1. The molecule has 96 valence electrons. The van der Waals surface area contributed by atoms with Crippen LogP contribution in [0.3, 0.4) is 0 Å². The van der Waals surface area contributed by atoms with Crippen molar-refractivity contribution in [1.82, 2.24) is 9.55 Å². The Labute approximate surface area is 121 Å². The van der Waals surface area contributed by atoms with Crippen LogP contribution in [0.15, 0.2) is 27.3 Å². The second-order valence-corrected chi connectivity index (χ2v) is 6.46. The van der Waals surface area contributed by atoms with E-state index in [1.807, 2.05) is 29.1 Å². The van der Waals surface area contributed by atoms with Gasteiger partial charge in [-0.3, -0.25) is 4.79 Å². The number of aromatic nitrogens is 2. The Kier molecular flexibility index (Phi) is 4.47. The maximum Gasteiger partial charge on any atom is 0.313 e. The highest BCUT2D eigenvalue weighted by Gasteiger charge is 2.11. The number of rotatable bonds is 5. The lowest BCUT2D eigenvalue weighted by Crippen LogP contribution is -2.03. The summed E-state index contributed by atoms with van der Waals surface area (Å²) in [5, 5.41) is 11.5. The van der Waals surface area contributed by atoms with Crippen molar-refractivity contribution in [3.8, 4) is 0 Å². The van der Waals surface area contributed by atoms with Gasteiger partial charge in [0.2, 0.25) is 0 Å². The third-order valence-corrected chi connectivity index (χ3v) is 5.08. The number of carbonyl (C=O) groups is 1. The maximum absolute atomic E-state index is 10.6. The van der Waals surface area contributed by atoms with Crippen LogP contribution in [0.5, 0.6) is 0 Å². The minimum absolute atomic E-state index is 0.0298. The van der Waals surface area contributed by atoms with Gasteiger partial charge < -0.3 is 9.67 Å². The summed E-state index contributed by atoms with van der Waals surface area (Å²) in [6, 6.07) is 2.01. The van der Waals surface area contributed by atoms with E-state index < -0.39 is 5.97 Å². The summed E-state index contributed by atoms with van der Waals surface area (Å²) in [5.41, 5.74) is 0.899. The number of hydrogen-bond acceptors (Lipinski definition) is 4. The van der Waals surface area contributed by atoms with Crippen LogP contribution >= 0.6 is 39.0 Å². The number of nitrogens with zero attached hydrogens (tertiary/aromatic N) is 2. The van der Waals surface area contributed by atoms with Crippen LogP contribution in [0.4, 0.5) is 0 Å². The second kappa shape index (κ2) is 5.90. The van der Waals surface area contributed by atoms with Gasteiger partial charge in [-0.1, -0.05) is 11.8 Å². The number of carboxylic acid groups (broad SMARTS) is 1. The second-order valence-electron chi connectivity index (χ2n) is 3.67. The molecular weight excluding hydrogens is 336 g/mol. The quantitative estimate of drug-likeness (QED) is 0.844. The van der Waals surface area contributed by atoms with Gasteiger partial charge in [0.15, 0.2) is 5.16 Å². The van der Waals surface area contributed by atoms with Crippen LogP contribution in [0.25, 0.3) is 0 Å². The van der Waals surface area contributed by atoms with E-state index in [0.29, 0.717) is 6.54 Å². The Morgan fingerprint density at radius 1 is 1.67 bits per heavy atom. The topological polar surface area (TPSA) is 55.1 Å². The third-order valence-electron chi connectivity index (χ3n) is 2.19. The van der Waals surface area contributed by atoms with E-state index in [1.165, 1.54) is 16.6 Å². The minimum Gasteiger partial charge on any atom is -0.481 e. The lowest BCUT2D eigenvalue weighted by molar-refractivity contribution is -0.133. The van der Waals surface area contributed by atoms with E-state index in [-0.39, 0.29) is 5.75 Å². The van der Waals surface area contributed by atoms with Gasteiger partial charge >= 0.3 is 5.97 Å². The van der Waals surface area contributed by atoms with Crippen molar-refractivity contribution in [3.63, 3.8) is 0 Å². The molecule has 0 fully saturated rings. The molecule has 0 saturated carbocycles. The molecular formula is C11H11BrN2O2S2. The van der Waals surface area contributed by atoms with Crippen molar-refractivity contribution in [2.75, 3.05) is 5.75 Å². The Hall–Kier alpha value is -0.790. The van der Waals surface area contributed by atoms with Crippen molar-refractivity contribution in [1.29, 1.82) is 0 Å². The van der Waals surface area contributed by atoms with Crippen molar-refractivity contribution < 1.29 is 9.90 Å². The molecule has 0 saturated heterocycles. The van der Waals surface area contributed by atoms with Gasteiger partial charge in [0.05, 0.1) is 18.0 Å². The van der Waals surface area contributed by atoms with Crippen molar-refractivity contribution in [2.45, 2.75) is 18.6 Å². The zero-order chi connectivity index (χ0) is 13.1. The molecule has 0 aliphatic heterocycles. The predicted octanol–water partition coefficient (Wildman–Crippen LogP) is 3.24. The molecule has 0 spiro atoms. The molecule has 2 rings (SSSR count). The molecule has 0 atom stereocenters. The highest BCUT2D eigenvalue weighted by atomic mass is 79.9. The number of halogens is 1. The lowest BCUT2D eigenvalue weighted by atomic mass is 10.4. The molecule has 2 heterocycles. The predicted molar refractivity (Wildman–Crippen MR) is 76.4 cm³/mol. The molecule has 2 aromatic rings. The molecule has 2 aromatic heterocycles. The maximum atomic E-state index is 10.6. The number of aliphatic carboxylic acids is 1. The van der Waals surface area contributed by atoms with Gasteiger partial charge in [0.1, 0.15) is 0 Å². The van der Waals surface area contributed by atoms with Crippen LogP contribution in [-0.2, 0) is 11.3 Å². The minimum atomic E-state index is -0.829. The molecule has 0 radical (unpaired) electrons. The Balaban J connectivity index is 2.17. The van der Waals surface area contributed by atoms with Crippen LogP contribution in [-0.4, -0.2) is 26.4 Å². The molecule has 0 aliphatic carbocycles. The summed E-state index contributed by atoms with van der Waals surface area (Å²) in [7, 11) is 0.